The summed E-state index contributed by atoms with van der Waals surface area (Å²) in [5.74, 6) is -0.283. The Morgan fingerprint density at radius 1 is 1.10 bits per heavy atom. The fourth-order valence-corrected chi connectivity index (χ4v) is 1.89. The summed E-state index contributed by atoms with van der Waals surface area (Å²) in [5, 5.41) is 0. The van der Waals surface area contributed by atoms with E-state index in [1.165, 1.54) is 19.2 Å². The fourth-order valence-electron chi connectivity index (χ4n) is 1.89. The SMILES string of the molecule is COc1nccc(-c2[nH]cnc2-c2ccc(F)cc2)n1. The van der Waals surface area contributed by atoms with E-state index in [9.17, 15) is 4.39 Å². The molecule has 0 aliphatic heterocycles. The lowest BCUT2D eigenvalue weighted by Gasteiger charge is -2.04. The number of hydrogen-bond donors (Lipinski definition) is 1. The largest absolute Gasteiger partial charge is 0.467 e. The highest BCUT2D eigenvalue weighted by atomic mass is 19.1. The third-order valence-electron chi connectivity index (χ3n) is 2.83. The van der Waals surface area contributed by atoms with Crippen molar-refractivity contribution in [3.63, 3.8) is 0 Å². The maximum atomic E-state index is 13.0. The van der Waals surface area contributed by atoms with E-state index in [1.54, 1.807) is 30.7 Å². The lowest BCUT2D eigenvalue weighted by atomic mass is 10.1. The number of rotatable bonds is 3. The van der Waals surface area contributed by atoms with Crippen LogP contribution < -0.4 is 4.74 Å². The molecule has 1 N–H and O–H groups in total. The molecule has 0 aliphatic rings. The first-order valence-electron chi connectivity index (χ1n) is 5.94. The number of imidazole rings is 1. The van der Waals surface area contributed by atoms with E-state index in [2.05, 4.69) is 19.9 Å². The first kappa shape index (κ1) is 12.3. The van der Waals surface area contributed by atoms with Crippen molar-refractivity contribution in [2.45, 2.75) is 0 Å². The van der Waals surface area contributed by atoms with Crippen LogP contribution >= 0.6 is 0 Å². The van der Waals surface area contributed by atoms with Gasteiger partial charge >= 0.3 is 6.01 Å². The third-order valence-corrected chi connectivity index (χ3v) is 2.83. The molecule has 2 aromatic heterocycles. The first-order valence-corrected chi connectivity index (χ1v) is 5.94. The van der Waals surface area contributed by atoms with Crippen LogP contribution in [0, 0.1) is 5.82 Å². The summed E-state index contributed by atoms with van der Waals surface area (Å²) in [6, 6.07) is 8.18. The molecule has 0 atom stereocenters. The van der Waals surface area contributed by atoms with Crippen LogP contribution in [0.2, 0.25) is 0 Å². The Balaban J connectivity index is 2.07. The van der Waals surface area contributed by atoms with Crippen LogP contribution in [0.3, 0.4) is 0 Å². The molecule has 0 bridgehead atoms. The molecule has 0 saturated carbocycles. The predicted molar refractivity (Wildman–Crippen MR) is 71.6 cm³/mol. The van der Waals surface area contributed by atoms with Crippen LogP contribution in [0.4, 0.5) is 4.39 Å². The second kappa shape index (κ2) is 5.08. The van der Waals surface area contributed by atoms with E-state index in [4.69, 9.17) is 4.74 Å². The molecule has 0 fully saturated rings. The molecule has 0 spiro atoms. The maximum Gasteiger partial charge on any atom is 0.316 e. The van der Waals surface area contributed by atoms with Gasteiger partial charge in [-0.05, 0) is 30.3 Å². The minimum Gasteiger partial charge on any atom is -0.467 e. The predicted octanol–water partition coefficient (Wildman–Crippen LogP) is 2.68. The van der Waals surface area contributed by atoms with Crippen LogP contribution in [-0.2, 0) is 0 Å². The summed E-state index contributed by atoms with van der Waals surface area (Å²) in [6.07, 6.45) is 3.18. The summed E-state index contributed by atoms with van der Waals surface area (Å²) in [5.41, 5.74) is 2.90. The maximum absolute atomic E-state index is 13.0. The topological polar surface area (TPSA) is 63.7 Å². The number of aromatic nitrogens is 4. The number of benzene rings is 1. The first-order chi connectivity index (χ1) is 9.78. The molecule has 0 amide bonds. The summed E-state index contributed by atoms with van der Waals surface area (Å²) >= 11 is 0. The minimum atomic E-state index is -0.283. The lowest BCUT2D eigenvalue weighted by Crippen LogP contribution is -1.94. The molecule has 6 heteroatoms. The van der Waals surface area contributed by atoms with Crippen LogP contribution in [0.25, 0.3) is 22.6 Å². The number of halogens is 1. The molecular weight excluding hydrogens is 259 g/mol. The van der Waals surface area contributed by atoms with Gasteiger partial charge in [0.2, 0.25) is 0 Å². The molecule has 0 unspecified atom stereocenters. The van der Waals surface area contributed by atoms with Crippen molar-refractivity contribution < 1.29 is 9.13 Å². The van der Waals surface area contributed by atoms with Gasteiger partial charge < -0.3 is 9.72 Å². The molecule has 0 aliphatic carbocycles. The number of H-pyrrole nitrogens is 1. The number of hydrogen-bond acceptors (Lipinski definition) is 4. The molecule has 100 valence electrons. The molecule has 1 aromatic carbocycles. The van der Waals surface area contributed by atoms with E-state index >= 15 is 0 Å². The van der Waals surface area contributed by atoms with Crippen molar-refractivity contribution in [3.8, 4) is 28.7 Å². The molecular formula is C14H11FN4O. The number of nitrogens with zero attached hydrogens (tertiary/aromatic N) is 3. The van der Waals surface area contributed by atoms with Gasteiger partial charge in [-0.25, -0.2) is 14.4 Å². The Morgan fingerprint density at radius 2 is 1.90 bits per heavy atom. The highest BCUT2D eigenvalue weighted by Gasteiger charge is 2.12. The quantitative estimate of drug-likeness (QED) is 0.794. The third kappa shape index (κ3) is 2.23. The summed E-state index contributed by atoms with van der Waals surface area (Å²) in [4.78, 5) is 15.5. The Hall–Kier alpha value is -2.76. The number of aromatic amines is 1. The highest BCUT2D eigenvalue weighted by Crippen LogP contribution is 2.28. The van der Waals surface area contributed by atoms with Gasteiger partial charge in [0, 0.05) is 11.8 Å². The van der Waals surface area contributed by atoms with Gasteiger partial charge in [0.25, 0.3) is 0 Å². The number of ether oxygens (including phenoxy) is 1. The van der Waals surface area contributed by atoms with Crippen molar-refractivity contribution >= 4 is 0 Å². The van der Waals surface area contributed by atoms with Crippen molar-refractivity contribution in [2.75, 3.05) is 7.11 Å². The minimum absolute atomic E-state index is 0.280. The standard InChI is InChI=1S/C14H11FN4O/c1-20-14-16-7-6-11(19-14)13-12(17-8-18-13)9-2-4-10(15)5-3-9/h2-8H,1H3,(H,17,18). The zero-order valence-corrected chi connectivity index (χ0v) is 10.7. The van der Waals surface area contributed by atoms with Crippen LogP contribution in [0.1, 0.15) is 0 Å². The summed E-state index contributed by atoms with van der Waals surface area (Å²) in [7, 11) is 1.51. The van der Waals surface area contributed by atoms with Crippen molar-refractivity contribution in [2.24, 2.45) is 0 Å². The van der Waals surface area contributed by atoms with Crippen molar-refractivity contribution in [1.29, 1.82) is 0 Å². The van der Waals surface area contributed by atoms with Gasteiger partial charge in [0.1, 0.15) is 5.82 Å². The van der Waals surface area contributed by atoms with Gasteiger partial charge in [0.15, 0.2) is 0 Å². The van der Waals surface area contributed by atoms with Gasteiger partial charge in [-0.2, -0.15) is 4.98 Å². The van der Waals surface area contributed by atoms with Gasteiger partial charge in [-0.1, -0.05) is 0 Å². The molecule has 0 radical (unpaired) electrons. The Labute approximate surface area is 114 Å². The zero-order chi connectivity index (χ0) is 13.9. The van der Waals surface area contributed by atoms with Crippen LogP contribution in [0.15, 0.2) is 42.9 Å². The number of methoxy groups -OCH3 is 1. The molecule has 5 nitrogen and oxygen atoms in total. The van der Waals surface area contributed by atoms with E-state index in [1.807, 2.05) is 0 Å². The number of nitrogens with one attached hydrogen (secondary N) is 1. The Morgan fingerprint density at radius 3 is 2.65 bits per heavy atom. The van der Waals surface area contributed by atoms with Gasteiger partial charge in [-0.15, -0.1) is 0 Å². The highest BCUT2D eigenvalue weighted by molar-refractivity contribution is 5.76. The van der Waals surface area contributed by atoms with Crippen molar-refractivity contribution in [1.82, 2.24) is 19.9 Å². The smallest absolute Gasteiger partial charge is 0.316 e. The normalized spacial score (nSPS) is 10.5. The van der Waals surface area contributed by atoms with E-state index in [-0.39, 0.29) is 11.8 Å². The second-order valence-electron chi connectivity index (χ2n) is 4.06. The van der Waals surface area contributed by atoms with E-state index in [0.29, 0.717) is 11.4 Å². The zero-order valence-electron chi connectivity index (χ0n) is 10.7. The van der Waals surface area contributed by atoms with Crippen LogP contribution in [-0.4, -0.2) is 27.0 Å². The Kier molecular flexibility index (Phi) is 3.12. The summed E-state index contributed by atoms with van der Waals surface area (Å²) in [6.45, 7) is 0. The molecule has 3 rings (SSSR count). The van der Waals surface area contributed by atoms with E-state index < -0.39 is 0 Å². The monoisotopic (exact) mass is 270 g/mol. The Bertz CT molecular complexity index is 724. The molecule has 20 heavy (non-hydrogen) atoms. The lowest BCUT2D eigenvalue weighted by molar-refractivity contribution is 0.380. The molecule has 3 aromatic rings. The van der Waals surface area contributed by atoms with Gasteiger partial charge in [0.05, 0.1) is 30.5 Å². The average Bonchev–Trinajstić information content (AvgIpc) is 2.97. The van der Waals surface area contributed by atoms with Gasteiger partial charge in [-0.3, -0.25) is 0 Å². The molecule has 0 saturated heterocycles. The van der Waals surface area contributed by atoms with E-state index in [0.717, 1.165) is 11.3 Å². The second-order valence-corrected chi connectivity index (χ2v) is 4.06. The fraction of sp³-hybridized carbons (Fsp3) is 0.0714. The average molecular weight is 270 g/mol. The van der Waals surface area contributed by atoms with Crippen LogP contribution in [0.5, 0.6) is 6.01 Å². The molecule has 2 heterocycles. The summed E-state index contributed by atoms with van der Waals surface area (Å²) < 4.78 is 18.0. The van der Waals surface area contributed by atoms with Crippen molar-refractivity contribution in [3.05, 3.63) is 48.7 Å².